The van der Waals surface area contributed by atoms with E-state index in [-0.39, 0.29) is 11.6 Å². The Morgan fingerprint density at radius 2 is 1.81 bits per heavy atom. The molecule has 10 heteroatoms. The summed E-state index contributed by atoms with van der Waals surface area (Å²) in [7, 11) is 3.72. The molecule has 2 aromatic carbocycles. The Balaban J connectivity index is 1.42. The van der Waals surface area contributed by atoms with Gasteiger partial charge in [0.05, 0.1) is 34.1 Å². The third kappa shape index (κ3) is 4.64. The first-order chi connectivity index (χ1) is 17.1. The number of likely N-dealkylation sites (tertiary alicyclic amines) is 1. The maximum absolute atomic E-state index is 13.9. The van der Waals surface area contributed by atoms with E-state index in [2.05, 4.69) is 15.4 Å². The van der Waals surface area contributed by atoms with Gasteiger partial charge in [0.2, 0.25) is 0 Å². The van der Waals surface area contributed by atoms with Crippen LogP contribution in [0.3, 0.4) is 0 Å². The smallest absolute Gasteiger partial charge is 0.417 e. The topological polar surface area (TPSA) is 72.3 Å². The van der Waals surface area contributed by atoms with Crippen molar-refractivity contribution in [1.29, 1.82) is 0 Å². The number of likely N-dealkylation sites (N-methyl/N-ethyl adjacent to an activating group) is 1. The lowest BCUT2D eigenvalue weighted by Gasteiger charge is -2.36. The van der Waals surface area contributed by atoms with Crippen LogP contribution >= 0.6 is 0 Å². The van der Waals surface area contributed by atoms with Crippen molar-refractivity contribution in [3.63, 3.8) is 0 Å². The van der Waals surface area contributed by atoms with Crippen LogP contribution in [0.1, 0.15) is 21.6 Å². The Bertz CT molecular complexity index is 1460. The lowest BCUT2D eigenvalue weighted by atomic mass is 10.00. The van der Waals surface area contributed by atoms with Crippen molar-refractivity contribution in [2.45, 2.75) is 19.1 Å². The summed E-state index contributed by atoms with van der Waals surface area (Å²) < 4.78 is 49.4. The highest BCUT2D eigenvalue weighted by molar-refractivity contribution is 5.96. The van der Waals surface area contributed by atoms with E-state index < -0.39 is 23.2 Å². The number of ether oxygens (including phenoxy) is 1. The van der Waals surface area contributed by atoms with Crippen molar-refractivity contribution in [2.75, 3.05) is 20.1 Å². The molecule has 0 saturated carbocycles. The molecule has 0 radical (unpaired) electrons. The van der Waals surface area contributed by atoms with E-state index in [4.69, 9.17) is 4.74 Å². The summed E-state index contributed by atoms with van der Waals surface area (Å²) in [5.74, 6) is 0.243. The third-order valence-corrected chi connectivity index (χ3v) is 6.24. The number of benzene rings is 2. The number of rotatable bonds is 5. The van der Waals surface area contributed by atoms with Gasteiger partial charge < -0.3 is 15.0 Å². The van der Waals surface area contributed by atoms with Gasteiger partial charge in [-0.15, -0.1) is 0 Å². The average Bonchev–Trinajstić information content (AvgIpc) is 3.10. The number of halogens is 3. The predicted octanol–water partition coefficient (Wildman–Crippen LogP) is 4.80. The zero-order chi connectivity index (χ0) is 25.6. The minimum atomic E-state index is -4.70. The Kier molecular flexibility index (Phi) is 5.91. The molecule has 1 fully saturated rings. The Labute approximate surface area is 205 Å². The molecule has 0 spiro atoms. The van der Waals surface area contributed by atoms with Gasteiger partial charge in [0.25, 0.3) is 5.91 Å². The molecule has 1 saturated heterocycles. The highest BCUT2D eigenvalue weighted by Gasteiger charge is 2.36. The number of carbonyl (C=O) groups is 1. The average molecular weight is 496 g/mol. The maximum atomic E-state index is 13.9. The standard InChI is InChI=1S/C26H24F3N5O2/c1-15-20-7-5-18(12-24(20)34(3)32-15)36-19-8-9-30-23(11-19)16-4-6-21(22(10-16)26(27,28)29)25(35)31-17-13-33(2)14-17/h4-12,17H,13-14H2,1-3H3,(H,31,35). The third-order valence-electron chi connectivity index (χ3n) is 6.24. The molecule has 1 aliphatic heterocycles. The second kappa shape index (κ2) is 8.94. The van der Waals surface area contributed by atoms with Crippen molar-refractivity contribution in [1.82, 2.24) is 25.0 Å². The van der Waals surface area contributed by atoms with E-state index in [1.54, 1.807) is 16.8 Å². The lowest BCUT2D eigenvalue weighted by Crippen LogP contribution is -2.57. The number of hydrogen-bond donors (Lipinski definition) is 1. The van der Waals surface area contributed by atoms with Crippen LogP contribution in [0.15, 0.2) is 54.7 Å². The minimum absolute atomic E-state index is 0.159. The van der Waals surface area contributed by atoms with Gasteiger partial charge in [-0.3, -0.25) is 14.5 Å². The molecule has 1 aliphatic rings. The normalized spacial score (nSPS) is 14.6. The molecule has 5 rings (SSSR count). The van der Waals surface area contributed by atoms with Crippen LogP contribution < -0.4 is 10.1 Å². The number of fused-ring (bicyclic) bond motifs is 1. The fourth-order valence-electron chi connectivity index (χ4n) is 4.44. The van der Waals surface area contributed by atoms with Crippen molar-refractivity contribution in [3.8, 4) is 22.8 Å². The highest BCUT2D eigenvalue weighted by atomic mass is 19.4. The summed E-state index contributed by atoms with van der Waals surface area (Å²) in [4.78, 5) is 18.8. The quantitative estimate of drug-likeness (QED) is 0.431. The van der Waals surface area contributed by atoms with E-state index in [0.717, 1.165) is 22.7 Å². The maximum Gasteiger partial charge on any atom is 0.417 e. The summed E-state index contributed by atoms with van der Waals surface area (Å²) in [6.07, 6.45) is -3.23. The van der Waals surface area contributed by atoms with Gasteiger partial charge in [0, 0.05) is 49.4 Å². The first-order valence-corrected chi connectivity index (χ1v) is 11.4. The first kappa shape index (κ1) is 23.8. The van der Waals surface area contributed by atoms with Gasteiger partial charge in [-0.1, -0.05) is 6.07 Å². The van der Waals surface area contributed by atoms with Crippen LogP contribution in [-0.2, 0) is 13.2 Å². The van der Waals surface area contributed by atoms with Crippen LogP contribution in [0.25, 0.3) is 22.2 Å². The van der Waals surface area contributed by atoms with Crippen molar-refractivity contribution in [2.24, 2.45) is 7.05 Å². The zero-order valence-electron chi connectivity index (χ0n) is 19.9. The Hall–Kier alpha value is -3.92. The fourth-order valence-corrected chi connectivity index (χ4v) is 4.44. The van der Waals surface area contributed by atoms with E-state index in [1.165, 1.54) is 18.3 Å². The monoisotopic (exact) mass is 495 g/mol. The lowest BCUT2D eigenvalue weighted by molar-refractivity contribution is -0.137. The van der Waals surface area contributed by atoms with Crippen molar-refractivity contribution >= 4 is 16.8 Å². The second-order valence-corrected chi connectivity index (χ2v) is 9.02. The Morgan fingerprint density at radius 1 is 1.06 bits per heavy atom. The van der Waals surface area contributed by atoms with Crippen LogP contribution in [0.4, 0.5) is 13.2 Å². The summed E-state index contributed by atoms with van der Waals surface area (Å²) in [6.45, 7) is 3.14. The van der Waals surface area contributed by atoms with E-state index in [0.29, 0.717) is 30.3 Å². The number of amides is 1. The van der Waals surface area contributed by atoms with Gasteiger partial charge >= 0.3 is 6.18 Å². The number of nitrogens with one attached hydrogen (secondary N) is 1. The first-order valence-electron chi connectivity index (χ1n) is 11.4. The van der Waals surface area contributed by atoms with Crippen molar-refractivity contribution < 1.29 is 22.7 Å². The van der Waals surface area contributed by atoms with Gasteiger partial charge in [-0.05, 0) is 44.3 Å². The Morgan fingerprint density at radius 3 is 2.53 bits per heavy atom. The molecule has 7 nitrogen and oxygen atoms in total. The molecular weight excluding hydrogens is 471 g/mol. The highest BCUT2D eigenvalue weighted by Crippen LogP contribution is 2.36. The number of alkyl halides is 3. The van der Waals surface area contributed by atoms with Gasteiger partial charge in [-0.2, -0.15) is 18.3 Å². The van der Waals surface area contributed by atoms with Crippen LogP contribution in [0, 0.1) is 6.92 Å². The van der Waals surface area contributed by atoms with Gasteiger partial charge in [0.1, 0.15) is 11.5 Å². The van der Waals surface area contributed by atoms with Crippen LogP contribution in [-0.4, -0.2) is 51.8 Å². The molecule has 0 unspecified atom stereocenters. The molecule has 1 N–H and O–H groups in total. The largest absolute Gasteiger partial charge is 0.457 e. The van der Waals surface area contributed by atoms with E-state index in [9.17, 15) is 18.0 Å². The minimum Gasteiger partial charge on any atom is -0.457 e. The molecule has 186 valence electrons. The molecule has 2 aromatic heterocycles. The summed E-state index contributed by atoms with van der Waals surface area (Å²) in [5, 5.41) is 8.07. The number of nitrogens with zero attached hydrogens (tertiary/aromatic N) is 4. The molecule has 36 heavy (non-hydrogen) atoms. The number of carbonyl (C=O) groups excluding carboxylic acids is 1. The molecule has 1 amide bonds. The number of aryl methyl sites for hydroxylation is 2. The molecular formula is C26H24F3N5O2. The summed E-state index contributed by atoms with van der Waals surface area (Å²) >= 11 is 0. The number of pyridine rings is 1. The van der Waals surface area contributed by atoms with Gasteiger partial charge in [0.15, 0.2) is 0 Å². The van der Waals surface area contributed by atoms with E-state index in [1.807, 2.05) is 44.1 Å². The molecule has 4 aromatic rings. The van der Waals surface area contributed by atoms with Gasteiger partial charge in [-0.25, -0.2) is 0 Å². The van der Waals surface area contributed by atoms with Crippen molar-refractivity contribution in [3.05, 3.63) is 71.5 Å². The predicted molar refractivity (Wildman–Crippen MR) is 129 cm³/mol. The second-order valence-electron chi connectivity index (χ2n) is 9.02. The van der Waals surface area contributed by atoms with Crippen LogP contribution in [0.2, 0.25) is 0 Å². The molecule has 0 bridgehead atoms. The SMILES string of the molecule is Cc1nn(C)c2cc(Oc3ccnc(-c4ccc(C(=O)NC5CN(C)C5)c(C(F)(F)F)c4)c3)ccc12. The zero-order valence-corrected chi connectivity index (χ0v) is 19.9. The summed E-state index contributed by atoms with van der Waals surface area (Å²) in [6, 6.07) is 12.2. The molecule has 0 aliphatic carbocycles. The molecule has 0 atom stereocenters. The number of aromatic nitrogens is 3. The number of hydrogen-bond acceptors (Lipinski definition) is 5. The summed E-state index contributed by atoms with van der Waals surface area (Å²) in [5.41, 5.74) is 0.913. The van der Waals surface area contributed by atoms with E-state index >= 15 is 0 Å². The van der Waals surface area contributed by atoms with Crippen LogP contribution in [0.5, 0.6) is 11.5 Å². The fraction of sp³-hybridized carbons (Fsp3) is 0.269. The molecule has 3 heterocycles.